The largest absolute Gasteiger partial charge is 0.497 e. The zero-order chi connectivity index (χ0) is 18.6. The summed E-state index contributed by atoms with van der Waals surface area (Å²) in [6.45, 7) is 3.52. The minimum Gasteiger partial charge on any atom is -0.497 e. The fourth-order valence-electron chi connectivity index (χ4n) is 4.02. The lowest BCUT2D eigenvalue weighted by molar-refractivity contribution is -0.134. The van der Waals surface area contributed by atoms with Gasteiger partial charge in [-0.05, 0) is 49.9 Å². The maximum Gasteiger partial charge on any atom is 0.227 e. The molecule has 3 heterocycles. The van der Waals surface area contributed by atoms with Crippen molar-refractivity contribution in [3.63, 3.8) is 0 Å². The number of aromatic nitrogens is 2. The number of anilines is 1. The summed E-state index contributed by atoms with van der Waals surface area (Å²) < 4.78 is 5.22. The van der Waals surface area contributed by atoms with E-state index in [0.717, 1.165) is 74.7 Å². The Morgan fingerprint density at radius 2 is 1.85 bits per heavy atom. The quantitative estimate of drug-likeness (QED) is 0.833. The number of piperidine rings is 1. The van der Waals surface area contributed by atoms with Crippen LogP contribution in [0.25, 0.3) is 11.3 Å². The van der Waals surface area contributed by atoms with Gasteiger partial charge >= 0.3 is 0 Å². The first-order valence-electron chi connectivity index (χ1n) is 9.75. The fourth-order valence-corrected chi connectivity index (χ4v) is 4.02. The molecule has 2 aliphatic heterocycles. The second kappa shape index (κ2) is 7.94. The molecule has 0 aliphatic carbocycles. The molecule has 27 heavy (non-hydrogen) atoms. The lowest BCUT2D eigenvalue weighted by Gasteiger charge is -2.34. The molecule has 2 aliphatic rings. The number of hydrogen-bond donors (Lipinski definition) is 0. The number of nitrogens with zero attached hydrogens (tertiary/aromatic N) is 4. The van der Waals surface area contributed by atoms with Gasteiger partial charge in [0.2, 0.25) is 5.91 Å². The predicted molar refractivity (Wildman–Crippen MR) is 105 cm³/mol. The normalized spacial score (nSPS) is 20.0. The number of rotatable bonds is 4. The van der Waals surface area contributed by atoms with E-state index in [-0.39, 0.29) is 5.92 Å². The molecule has 1 aromatic heterocycles. The van der Waals surface area contributed by atoms with E-state index in [1.54, 1.807) is 13.4 Å². The number of carbonyl (C=O) groups excluding carboxylic acids is 1. The molecular weight excluding hydrogens is 340 g/mol. The van der Waals surface area contributed by atoms with Crippen molar-refractivity contribution in [1.29, 1.82) is 0 Å². The molecule has 6 nitrogen and oxygen atoms in total. The van der Waals surface area contributed by atoms with Crippen LogP contribution < -0.4 is 9.64 Å². The van der Waals surface area contributed by atoms with Crippen molar-refractivity contribution in [3.8, 4) is 17.0 Å². The third-order valence-corrected chi connectivity index (χ3v) is 5.55. The van der Waals surface area contributed by atoms with Gasteiger partial charge in [-0.2, -0.15) is 0 Å². The lowest BCUT2D eigenvalue weighted by atomic mass is 9.96. The summed E-state index contributed by atoms with van der Waals surface area (Å²) in [6.07, 6.45) is 5.88. The molecule has 4 rings (SSSR count). The number of benzene rings is 1. The number of methoxy groups -OCH3 is 1. The van der Waals surface area contributed by atoms with E-state index in [1.165, 1.54) is 0 Å². The Bertz CT molecular complexity index is 787. The van der Waals surface area contributed by atoms with Crippen molar-refractivity contribution in [2.24, 2.45) is 5.92 Å². The van der Waals surface area contributed by atoms with Crippen LogP contribution in [0.15, 0.2) is 36.7 Å². The number of carbonyl (C=O) groups is 1. The molecule has 0 radical (unpaired) electrons. The topological polar surface area (TPSA) is 58.6 Å². The Morgan fingerprint density at radius 3 is 2.59 bits per heavy atom. The van der Waals surface area contributed by atoms with Gasteiger partial charge in [0, 0.05) is 37.8 Å². The van der Waals surface area contributed by atoms with Crippen molar-refractivity contribution >= 4 is 11.7 Å². The molecule has 1 unspecified atom stereocenters. The minimum atomic E-state index is 0.0799. The molecule has 142 valence electrons. The van der Waals surface area contributed by atoms with Gasteiger partial charge in [0.25, 0.3) is 0 Å². The van der Waals surface area contributed by atoms with Crippen molar-refractivity contribution in [2.45, 2.75) is 25.7 Å². The molecule has 1 atom stereocenters. The SMILES string of the molecule is COc1ccc(-c2cc(N3CCCC(C(=O)N4CCCC4)C3)ncn2)cc1. The van der Waals surface area contributed by atoms with Crippen LogP contribution in [0.1, 0.15) is 25.7 Å². The molecule has 0 N–H and O–H groups in total. The van der Waals surface area contributed by atoms with Gasteiger partial charge in [0.05, 0.1) is 18.7 Å². The molecule has 0 bridgehead atoms. The number of amides is 1. The summed E-state index contributed by atoms with van der Waals surface area (Å²) in [5, 5.41) is 0. The third kappa shape index (κ3) is 3.89. The van der Waals surface area contributed by atoms with Gasteiger partial charge in [-0.25, -0.2) is 9.97 Å². The molecule has 0 saturated carbocycles. The molecule has 2 aromatic rings. The lowest BCUT2D eigenvalue weighted by Crippen LogP contribution is -2.44. The second-order valence-corrected chi connectivity index (χ2v) is 7.31. The third-order valence-electron chi connectivity index (χ3n) is 5.55. The van der Waals surface area contributed by atoms with Gasteiger partial charge in [0.1, 0.15) is 17.9 Å². The van der Waals surface area contributed by atoms with Crippen LogP contribution in [0, 0.1) is 5.92 Å². The second-order valence-electron chi connectivity index (χ2n) is 7.31. The van der Waals surface area contributed by atoms with Crippen LogP contribution in [-0.4, -0.2) is 54.1 Å². The van der Waals surface area contributed by atoms with E-state index in [4.69, 9.17) is 4.74 Å². The van der Waals surface area contributed by atoms with Crippen LogP contribution >= 0.6 is 0 Å². The Hall–Kier alpha value is -2.63. The number of ether oxygens (including phenoxy) is 1. The smallest absolute Gasteiger partial charge is 0.227 e. The van der Waals surface area contributed by atoms with E-state index in [2.05, 4.69) is 14.9 Å². The van der Waals surface area contributed by atoms with E-state index in [1.807, 2.05) is 35.2 Å². The molecule has 2 fully saturated rings. The summed E-state index contributed by atoms with van der Waals surface area (Å²) in [5.74, 6) is 2.12. The number of hydrogen-bond acceptors (Lipinski definition) is 5. The van der Waals surface area contributed by atoms with Crippen molar-refractivity contribution < 1.29 is 9.53 Å². The predicted octanol–water partition coefficient (Wildman–Crippen LogP) is 2.99. The van der Waals surface area contributed by atoms with Crippen LogP contribution in [0.5, 0.6) is 5.75 Å². The van der Waals surface area contributed by atoms with Gasteiger partial charge in [-0.3, -0.25) is 4.79 Å². The molecular formula is C21H26N4O2. The summed E-state index contributed by atoms with van der Waals surface area (Å²) in [5.41, 5.74) is 1.91. The highest BCUT2D eigenvalue weighted by Gasteiger charge is 2.31. The maximum absolute atomic E-state index is 12.8. The van der Waals surface area contributed by atoms with E-state index >= 15 is 0 Å². The molecule has 1 aromatic carbocycles. The van der Waals surface area contributed by atoms with E-state index < -0.39 is 0 Å². The van der Waals surface area contributed by atoms with Crippen LogP contribution in [0.4, 0.5) is 5.82 Å². The van der Waals surface area contributed by atoms with E-state index in [0.29, 0.717) is 5.91 Å². The molecule has 2 saturated heterocycles. The zero-order valence-electron chi connectivity index (χ0n) is 15.8. The Labute approximate surface area is 160 Å². The monoisotopic (exact) mass is 366 g/mol. The Morgan fingerprint density at radius 1 is 1.07 bits per heavy atom. The van der Waals surface area contributed by atoms with Crippen LogP contribution in [0.2, 0.25) is 0 Å². The summed E-state index contributed by atoms with van der Waals surface area (Å²) in [7, 11) is 1.66. The number of likely N-dealkylation sites (tertiary alicyclic amines) is 1. The maximum atomic E-state index is 12.8. The minimum absolute atomic E-state index is 0.0799. The van der Waals surface area contributed by atoms with Crippen LogP contribution in [-0.2, 0) is 4.79 Å². The highest BCUT2D eigenvalue weighted by Crippen LogP contribution is 2.27. The first-order valence-corrected chi connectivity index (χ1v) is 9.75. The van der Waals surface area contributed by atoms with Gasteiger partial charge in [-0.1, -0.05) is 0 Å². The highest BCUT2D eigenvalue weighted by molar-refractivity contribution is 5.80. The molecule has 0 spiro atoms. The first-order chi connectivity index (χ1) is 13.2. The summed E-state index contributed by atoms with van der Waals surface area (Å²) >= 11 is 0. The highest BCUT2D eigenvalue weighted by atomic mass is 16.5. The first kappa shape index (κ1) is 17.8. The summed E-state index contributed by atoms with van der Waals surface area (Å²) in [4.78, 5) is 26.0. The standard InChI is InChI=1S/C21H26N4O2/c1-27-18-8-6-16(7-9-18)19-13-20(23-15-22-19)25-12-4-5-17(14-25)21(26)24-10-2-3-11-24/h6-9,13,15,17H,2-5,10-12,14H2,1H3. The average Bonchev–Trinajstić information content (AvgIpc) is 3.28. The zero-order valence-corrected chi connectivity index (χ0v) is 15.8. The van der Waals surface area contributed by atoms with Gasteiger partial charge < -0.3 is 14.5 Å². The average molecular weight is 366 g/mol. The Balaban J connectivity index is 1.49. The van der Waals surface area contributed by atoms with Gasteiger partial charge in [-0.15, -0.1) is 0 Å². The molecule has 1 amide bonds. The fraction of sp³-hybridized carbons (Fsp3) is 0.476. The van der Waals surface area contributed by atoms with Crippen molar-refractivity contribution in [3.05, 3.63) is 36.7 Å². The van der Waals surface area contributed by atoms with Crippen molar-refractivity contribution in [2.75, 3.05) is 38.2 Å². The van der Waals surface area contributed by atoms with Crippen LogP contribution in [0.3, 0.4) is 0 Å². The van der Waals surface area contributed by atoms with Crippen molar-refractivity contribution in [1.82, 2.24) is 14.9 Å². The Kier molecular flexibility index (Phi) is 5.23. The van der Waals surface area contributed by atoms with E-state index in [9.17, 15) is 4.79 Å². The molecule has 6 heteroatoms. The summed E-state index contributed by atoms with van der Waals surface area (Å²) in [6, 6.07) is 9.89. The van der Waals surface area contributed by atoms with Gasteiger partial charge in [0.15, 0.2) is 0 Å².